The Morgan fingerprint density at radius 2 is 2.00 bits per heavy atom. The number of rotatable bonds is 8. The Balaban J connectivity index is 1.48. The fourth-order valence-electron chi connectivity index (χ4n) is 2.55. The summed E-state index contributed by atoms with van der Waals surface area (Å²) < 4.78 is 32.3. The zero-order valence-corrected chi connectivity index (χ0v) is 13.0. The number of nitrogens with zero attached hydrogens (tertiary/aromatic N) is 1. The second-order valence-corrected chi connectivity index (χ2v) is 7.52. The van der Waals surface area contributed by atoms with E-state index in [9.17, 15) is 8.42 Å². The van der Waals surface area contributed by atoms with Gasteiger partial charge in [0.15, 0.2) is 0 Å². The summed E-state index contributed by atoms with van der Waals surface area (Å²) in [7, 11) is -3.53. The molecule has 0 bridgehead atoms. The minimum Gasteiger partial charge on any atom is -0.447 e. The molecule has 2 aliphatic rings. The Hall–Kier alpha value is -0.890. The van der Waals surface area contributed by atoms with Crippen molar-refractivity contribution in [1.82, 2.24) is 14.9 Å². The molecule has 2 fully saturated rings. The van der Waals surface area contributed by atoms with E-state index in [4.69, 9.17) is 4.42 Å². The summed E-state index contributed by atoms with van der Waals surface area (Å²) in [6, 6.07) is 3.83. The fraction of sp³-hybridized carbons (Fsp3) is 0.714. The highest BCUT2D eigenvalue weighted by atomic mass is 32.2. The van der Waals surface area contributed by atoms with Crippen LogP contribution in [-0.4, -0.2) is 45.5 Å². The standard InChI is InChI=1S/C14H23N3O3S/c18-21(19,16-7-10-17-8-1-2-9-17)14-6-5-13(20-14)11-15-12-3-4-12/h5-6,12,15-16H,1-4,7-11H2. The molecule has 0 atom stereocenters. The summed E-state index contributed by atoms with van der Waals surface area (Å²) in [5, 5.41) is 3.31. The molecule has 118 valence electrons. The van der Waals surface area contributed by atoms with Gasteiger partial charge >= 0.3 is 0 Å². The number of nitrogens with one attached hydrogen (secondary N) is 2. The molecule has 0 spiro atoms. The second kappa shape index (κ2) is 6.48. The Kier molecular flexibility index (Phi) is 4.63. The number of hydrogen-bond acceptors (Lipinski definition) is 5. The smallest absolute Gasteiger partial charge is 0.274 e. The lowest BCUT2D eigenvalue weighted by Gasteiger charge is -2.14. The van der Waals surface area contributed by atoms with Gasteiger partial charge in [-0.05, 0) is 50.9 Å². The van der Waals surface area contributed by atoms with Gasteiger partial charge in [0, 0.05) is 19.1 Å². The van der Waals surface area contributed by atoms with E-state index in [1.54, 1.807) is 6.07 Å². The molecule has 2 heterocycles. The molecule has 1 aliphatic heterocycles. The number of furan rings is 1. The molecule has 7 heteroatoms. The van der Waals surface area contributed by atoms with Crippen LogP contribution in [0.4, 0.5) is 0 Å². The van der Waals surface area contributed by atoms with Gasteiger partial charge in [-0.2, -0.15) is 0 Å². The van der Waals surface area contributed by atoms with E-state index in [1.807, 2.05) is 0 Å². The zero-order valence-electron chi connectivity index (χ0n) is 12.2. The minimum absolute atomic E-state index is 0.0107. The van der Waals surface area contributed by atoms with Gasteiger partial charge in [-0.15, -0.1) is 0 Å². The summed E-state index contributed by atoms with van der Waals surface area (Å²) in [6.07, 6.45) is 4.82. The lowest BCUT2D eigenvalue weighted by molar-refractivity contribution is 0.342. The first-order valence-corrected chi connectivity index (χ1v) is 9.16. The van der Waals surface area contributed by atoms with Crippen molar-refractivity contribution in [2.24, 2.45) is 0 Å². The molecule has 1 saturated heterocycles. The highest BCUT2D eigenvalue weighted by Crippen LogP contribution is 2.20. The summed E-state index contributed by atoms with van der Waals surface area (Å²) >= 11 is 0. The van der Waals surface area contributed by atoms with Gasteiger partial charge in [0.25, 0.3) is 10.0 Å². The molecule has 1 aliphatic carbocycles. The first kappa shape index (κ1) is 15.0. The number of likely N-dealkylation sites (tertiary alicyclic amines) is 1. The second-order valence-electron chi connectivity index (χ2n) is 5.82. The SMILES string of the molecule is O=S(=O)(NCCN1CCCC1)c1ccc(CNC2CC2)o1. The van der Waals surface area contributed by atoms with Crippen LogP contribution in [0, 0.1) is 0 Å². The third-order valence-corrected chi connectivity index (χ3v) is 5.30. The molecular formula is C14H23N3O3S. The van der Waals surface area contributed by atoms with Crippen molar-refractivity contribution < 1.29 is 12.8 Å². The molecule has 3 rings (SSSR count). The minimum atomic E-state index is -3.53. The average Bonchev–Trinajstić information content (AvgIpc) is 2.93. The monoisotopic (exact) mass is 313 g/mol. The Morgan fingerprint density at radius 1 is 1.24 bits per heavy atom. The van der Waals surface area contributed by atoms with Crippen LogP contribution in [-0.2, 0) is 16.6 Å². The topological polar surface area (TPSA) is 74.6 Å². The van der Waals surface area contributed by atoms with E-state index in [-0.39, 0.29) is 5.09 Å². The van der Waals surface area contributed by atoms with E-state index in [1.165, 1.54) is 31.7 Å². The first-order chi connectivity index (χ1) is 10.1. The van der Waals surface area contributed by atoms with Gasteiger partial charge in [0.05, 0.1) is 6.54 Å². The Labute approximate surface area is 125 Å². The molecule has 0 amide bonds. The maximum atomic E-state index is 12.1. The van der Waals surface area contributed by atoms with Crippen LogP contribution in [0.25, 0.3) is 0 Å². The summed E-state index contributed by atoms with van der Waals surface area (Å²) in [4.78, 5) is 2.27. The highest BCUT2D eigenvalue weighted by molar-refractivity contribution is 7.89. The number of hydrogen-bond donors (Lipinski definition) is 2. The van der Waals surface area contributed by atoms with E-state index in [0.717, 1.165) is 19.6 Å². The Bertz CT molecular complexity index is 560. The molecule has 6 nitrogen and oxygen atoms in total. The van der Waals surface area contributed by atoms with Crippen molar-refractivity contribution >= 4 is 10.0 Å². The van der Waals surface area contributed by atoms with Gasteiger partial charge in [-0.3, -0.25) is 0 Å². The molecular weight excluding hydrogens is 290 g/mol. The lowest BCUT2D eigenvalue weighted by atomic mass is 10.4. The van der Waals surface area contributed by atoms with Crippen LogP contribution in [0.15, 0.2) is 21.6 Å². The lowest BCUT2D eigenvalue weighted by Crippen LogP contribution is -2.33. The van der Waals surface area contributed by atoms with Crippen LogP contribution < -0.4 is 10.0 Å². The van der Waals surface area contributed by atoms with Crippen molar-refractivity contribution in [3.8, 4) is 0 Å². The van der Waals surface area contributed by atoms with E-state index < -0.39 is 10.0 Å². The molecule has 21 heavy (non-hydrogen) atoms. The van der Waals surface area contributed by atoms with Gasteiger partial charge < -0.3 is 14.6 Å². The van der Waals surface area contributed by atoms with Crippen LogP contribution in [0.2, 0.25) is 0 Å². The molecule has 1 aromatic heterocycles. The van der Waals surface area contributed by atoms with Crippen LogP contribution >= 0.6 is 0 Å². The third kappa shape index (κ3) is 4.29. The maximum Gasteiger partial charge on any atom is 0.274 e. The largest absolute Gasteiger partial charge is 0.447 e. The van der Waals surface area contributed by atoms with Gasteiger partial charge in [0.1, 0.15) is 5.76 Å². The van der Waals surface area contributed by atoms with Gasteiger partial charge in [-0.1, -0.05) is 0 Å². The van der Waals surface area contributed by atoms with E-state index >= 15 is 0 Å². The summed E-state index contributed by atoms with van der Waals surface area (Å²) in [5.74, 6) is 0.668. The zero-order chi connectivity index (χ0) is 14.7. The quantitative estimate of drug-likeness (QED) is 0.746. The van der Waals surface area contributed by atoms with Crippen LogP contribution in [0.3, 0.4) is 0 Å². The van der Waals surface area contributed by atoms with E-state index in [2.05, 4.69) is 14.9 Å². The van der Waals surface area contributed by atoms with Crippen molar-refractivity contribution in [1.29, 1.82) is 0 Å². The van der Waals surface area contributed by atoms with Crippen molar-refractivity contribution in [3.63, 3.8) is 0 Å². The average molecular weight is 313 g/mol. The van der Waals surface area contributed by atoms with Crippen molar-refractivity contribution in [2.75, 3.05) is 26.2 Å². The molecule has 0 aromatic carbocycles. The van der Waals surface area contributed by atoms with Crippen LogP contribution in [0.5, 0.6) is 0 Å². The molecule has 0 radical (unpaired) electrons. The fourth-order valence-corrected chi connectivity index (χ4v) is 3.51. The summed E-state index contributed by atoms with van der Waals surface area (Å²) in [5.41, 5.74) is 0. The van der Waals surface area contributed by atoms with Crippen LogP contribution in [0.1, 0.15) is 31.4 Å². The summed E-state index contributed by atoms with van der Waals surface area (Å²) in [6.45, 7) is 3.92. The van der Waals surface area contributed by atoms with Gasteiger partial charge in [0.2, 0.25) is 5.09 Å². The predicted octanol–water partition coefficient (Wildman–Crippen LogP) is 0.906. The Morgan fingerprint density at radius 3 is 2.71 bits per heavy atom. The van der Waals surface area contributed by atoms with Gasteiger partial charge in [-0.25, -0.2) is 13.1 Å². The number of sulfonamides is 1. The third-order valence-electron chi connectivity index (χ3n) is 3.96. The molecule has 0 unspecified atom stereocenters. The van der Waals surface area contributed by atoms with Crippen molar-refractivity contribution in [3.05, 3.63) is 17.9 Å². The normalized spacial score (nSPS) is 20.2. The molecule has 1 aromatic rings. The van der Waals surface area contributed by atoms with Crippen molar-refractivity contribution in [2.45, 2.75) is 43.4 Å². The molecule has 2 N–H and O–H groups in total. The predicted molar refractivity (Wildman–Crippen MR) is 79.4 cm³/mol. The maximum absolute atomic E-state index is 12.1. The highest BCUT2D eigenvalue weighted by Gasteiger charge is 2.22. The molecule has 1 saturated carbocycles. The van der Waals surface area contributed by atoms with E-state index in [0.29, 0.717) is 24.9 Å². The first-order valence-electron chi connectivity index (χ1n) is 7.68.